The maximum atomic E-state index is 12.8. The van der Waals surface area contributed by atoms with Crippen molar-refractivity contribution in [2.45, 2.75) is 13.5 Å². The van der Waals surface area contributed by atoms with Crippen molar-refractivity contribution >= 4 is 32.6 Å². The van der Waals surface area contributed by atoms with E-state index in [0.717, 1.165) is 27.3 Å². The summed E-state index contributed by atoms with van der Waals surface area (Å²) in [5.74, 6) is 1.68. The van der Waals surface area contributed by atoms with Crippen molar-refractivity contribution in [2.75, 3.05) is 11.9 Å². The number of fused-ring (bicyclic) bond motifs is 4. The van der Waals surface area contributed by atoms with Crippen LogP contribution in [-0.2, 0) is 6.61 Å². The molecule has 0 fully saturated rings. The third kappa shape index (κ3) is 2.78. The van der Waals surface area contributed by atoms with Crippen LogP contribution in [0.4, 0.5) is 5.13 Å². The number of nitrogens with one attached hydrogen (secondary N) is 1. The number of amides is 1. The van der Waals surface area contributed by atoms with Gasteiger partial charge in [0.15, 0.2) is 16.6 Å². The van der Waals surface area contributed by atoms with Gasteiger partial charge in [0.25, 0.3) is 5.91 Å². The number of anilines is 1. The molecule has 1 aliphatic heterocycles. The van der Waals surface area contributed by atoms with Crippen LogP contribution in [0, 0.1) is 0 Å². The second-order valence-corrected chi connectivity index (χ2v) is 7.19. The van der Waals surface area contributed by atoms with Crippen molar-refractivity contribution in [1.82, 2.24) is 10.1 Å². The molecule has 1 aliphatic rings. The number of carbonyl (C=O) groups excluding carboxylic acids is 1. The van der Waals surface area contributed by atoms with E-state index in [2.05, 4.69) is 15.5 Å². The van der Waals surface area contributed by atoms with E-state index in [-0.39, 0.29) is 18.2 Å². The molecule has 7 nitrogen and oxygen atoms in total. The maximum absolute atomic E-state index is 12.8. The van der Waals surface area contributed by atoms with E-state index in [9.17, 15) is 4.79 Å². The van der Waals surface area contributed by atoms with E-state index < -0.39 is 0 Å². The number of benzene rings is 2. The van der Waals surface area contributed by atoms with Gasteiger partial charge in [0, 0.05) is 0 Å². The minimum atomic E-state index is -0.378. The van der Waals surface area contributed by atoms with Gasteiger partial charge < -0.3 is 14.0 Å². The first kappa shape index (κ1) is 16.8. The van der Waals surface area contributed by atoms with Gasteiger partial charge in [0.2, 0.25) is 0 Å². The summed E-state index contributed by atoms with van der Waals surface area (Å²) < 4.78 is 17.6. The van der Waals surface area contributed by atoms with E-state index in [1.165, 1.54) is 11.3 Å². The highest BCUT2D eigenvalue weighted by Crippen LogP contribution is 2.39. The van der Waals surface area contributed by atoms with E-state index in [1.54, 1.807) is 0 Å². The topological polar surface area (TPSA) is 86.5 Å². The molecule has 140 valence electrons. The maximum Gasteiger partial charge on any atom is 0.280 e. The Labute approximate surface area is 163 Å². The summed E-state index contributed by atoms with van der Waals surface area (Å²) in [7, 11) is 0. The number of carbonyl (C=O) groups is 1. The first-order valence-electron chi connectivity index (χ1n) is 8.78. The van der Waals surface area contributed by atoms with Crippen LogP contribution in [0.3, 0.4) is 0 Å². The lowest BCUT2D eigenvalue weighted by Gasteiger charge is -2.15. The van der Waals surface area contributed by atoms with E-state index in [4.69, 9.17) is 14.0 Å². The normalized spacial score (nSPS) is 12.2. The Morgan fingerprint density at radius 3 is 3.07 bits per heavy atom. The van der Waals surface area contributed by atoms with Gasteiger partial charge in [-0.15, -0.1) is 0 Å². The molecule has 2 aromatic heterocycles. The highest BCUT2D eigenvalue weighted by molar-refractivity contribution is 7.22. The number of hydrogen-bond donors (Lipinski definition) is 1. The summed E-state index contributed by atoms with van der Waals surface area (Å²) in [6.45, 7) is 2.76. The van der Waals surface area contributed by atoms with Crippen LogP contribution in [0.1, 0.15) is 23.0 Å². The zero-order valence-corrected chi connectivity index (χ0v) is 15.7. The predicted molar refractivity (Wildman–Crippen MR) is 105 cm³/mol. The summed E-state index contributed by atoms with van der Waals surface area (Å²) in [5, 5.41) is 7.27. The van der Waals surface area contributed by atoms with Crippen molar-refractivity contribution in [1.29, 1.82) is 0 Å². The Kier molecular flexibility index (Phi) is 3.98. The number of aromatic nitrogens is 2. The molecule has 0 aliphatic carbocycles. The Hall–Kier alpha value is -3.39. The lowest BCUT2D eigenvalue weighted by atomic mass is 10.0. The molecule has 0 saturated heterocycles. The molecule has 0 atom stereocenters. The summed E-state index contributed by atoms with van der Waals surface area (Å²) in [5.41, 5.74) is 2.43. The minimum Gasteiger partial charge on any atom is -0.494 e. The lowest BCUT2D eigenvalue weighted by molar-refractivity contribution is 0.101. The van der Waals surface area contributed by atoms with Crippen molar-refractivity contribution < 1.29 is 18.8 Å². The second-order valence-electron chi connectivity index (χ2n) is 6.16. The number of nitrogens with zero attached hydrogens (tertiary/aromatic N) is 2. The molecule has 28 heavy (non-hydrogen) atoms. The van der Waals surface area contributed by atoms with Crippen molar-refractivity contribution in [3.8, 4) is 22.8 Å². The van der Waals surface area contributed by atoms with Gasteiger partial charge in [-0.25, -0.2) is 4.98 Å². The number of para-hydroxylation sites is 1. The van der Waals surface area contributed by atoms with Crippen LogP contribution in [0.25, 0.3) is 21.5 Å². The second kappa shape index (κ2) is 6.65. The fourth-order valence-electron chi connectivity index (χ4n) is 3.13. The number of thiazole rings is 1. The van der Waals surface area contributed by atoms with Crippen LogP contribution >= 0.6 is 11.3 Å². The number of ether oxygens (including phenoxy) is 2. The summed E-state index contributed by atoms with van der Waals surface area (Å²) >= 11 is 1.38. The molecule has 2 aromatic carbocycles. The minimum absolute atomic E-state index is 0.207. The zero-order chi connectivity index (χ0) is 19.1. The molecular weight excluding hydrogens is 378 g/mol. The Balaban J connectivity index is 1.43. The molecular formula is C20H15N3O4S. The Bertz CT molecular complexity index is 1200. The quantitative estimate of drug-likeness (QED) is 0.550. The molecule has 5 rings (SSSR count). The fraction of sp³-hybridized carbons (Fsp3) is 0.150. The molecule has 0 radical (unpaired) electrons. The molecule has 0 unspecified atom stereocenters. The molecule has 0 saturated carbocycles. The summed E-state index contributed by atoms with van der Waals surface area (Å²) in [4.78, 5) is 17.2. The third-order valence-corrected chi connectivity index (χ3v) is 5.33. The first-order chi connectivity index (χ1) is 13.7. The van der Waals surface area contributed by atoms with Crippen LogP contribution in [0.2, 0.25) is 0 Å². The van der Waals surface area contributed by atoms with Crippen LogP contribution < -0.4 is 14.8 Å². The Morgan fingerprint density at radius 2 is 2.18 bits per heavy atom. The molecule has 0 spiro atoms. The van der Waals surface area contributed by atoms with Gasteiger partial charge >= 0.3 is 0 Å². The van der Waals surface area contributed by atoms with E-state index in [1.807, 2.05) is 49.4 Å². The highest BCUT2D eigenvalue weighted by atomic mass is 32.1. The van der Waals surface area contributed by atoms with Crippen LogP contribution in [0.15, 0.2) is 47.0 Å². The van der Waals surface area contributed by atoms with E-state index >= 15 is 0 Å². The largest absolute Gasteiger partial charge is 0.494 e. The summed E-state index contributed by atoms with van der Waals surface area (Å²) in [6, 6.07) is 13.2. The fourth-order valence-corrected chi connectivity index (χ4v) is 4.02. The Morgan fingerprint density at radius 1 is 1.29 bits per heavy atom. The van der Waals surface area contributed by atoms with Gasteiger partial charge in [-0.3, -0.25) is 10.1 Å². The average molecular weight is 393 g/mol. The summed E-state index contributed by atoms with van der Waals surface area (Å²) in [6.07, 6.45) is 0. The van der Waals surface area contributed by atoms with Gasteiger partial charge in [0.05, 0.1) is 28.0 Å². The number of rotatable bonds is 4. The molecule has 8 heteroatoms. The molecule has 0 bridgehead atoms. The van der Waals surface area contributed by atoms with Gasteiger partial charge in [-0.2, -0.15) is 0 Å². The molecule has 4 aromatic rings. The third-order valence-electron chi connectivity index (χ3n) is 4.40. The highest BCUT2D eigenvalue weighted by Gasteiger charge is 2.29. The van der Waals surface area contributed by atoms with Gasteiger partial charge in [-0.05, 0) is 37.3 Å². The smallest absolute Gasteiger partial charge is 0.280 e. The molecule has 1 amide bonds. The zero-order valence-electron chi connectivity index (χ0n) is 14.9. The van der Waals surface area contributed by atoms with Crippen LogP contribution in [0.5, 0.6) is 11.5 Å². The van der Waals surface area contributed by atoms with Crippen molar-refractivity contribution in [3.05, 3.63) is 53.7 Å². The lowest BCUT2D eigenvalue weighted by Crippen LogP contribution is -2.16. The van der Waals surface area contributed by atoms with Gasteiger partial charge in [0.1, 0.15) is 18.1 Å². The predicted octanol–water partition coefficient (Wildman–Crippen LogP) is 4.49. The monoisotopic (exact) mass is 393 g/mol. The molecule has 1 N–H and O–H groups in total. The van der Waals surface area contributed by atoms with Crippen LogP contribution in [-0.4, -0.2) is 22.7 Å². The van der Waals surface area contributed by atoms with Crippen molar-refractivity contribution in [2.24, 2.45) is 0 Å². The molecule has 3 heterocycles. The first-order valence-corrected chi connectivity index (χ1v) is 9.60. The van der Waals surface area contributed by atoms with Gasteiger partial charge in [-0.1, -0.05) is 28.6 Å². The van der Waals surface area contributed by atoms with Crippen molar-refractivity contribution in [3.63, 3.8) is 0 Å². The van der Waals surface area contributed by atoms with E-state index in [0.29, 0.717) is 23.1 Å². The number of hydrogen-bond acceptors (Lipinski definition) is 7. The SMILES string of the molecule is CCOc1ccc2nc(NC(=O)c3noc4c3COc3ccccc3-4)sc2c1. The standard InChI is InChI=1S/C20H15N3O4S/c1-2-25-11-7-8-14-16(9-11)28-20(21-14)22-19(24)17-13-10-26-15-6-4-3-5-12(15)18(13)27-23-17/h3-9H,2,10H2,1H3,(H,21,22,24). The average Bonchev–Trinajstić information content (AvgIpc) is 3.31.